The van der Waals surface area contributed by atoms with Crippen molar-refractivity contribution in [1.82, 2.24) is 4.72 Å². The minimum Gasteiger partial charge on any atom is -0.497 e. The van der Waals surface area contributed by atoms with Gasteiger partial charge in [-0.2, -0.15) is 26.3 Å². The van der Waals surface area contributed by atoms with Crippen molar-refractivity contribution in [3.05, 3.63) is 12.3 Å². The molecule has 0 saturated carbocycles. The van der Waals surface area contributed by atoms with Gasteiger partial charge < -0.3 is 14.6 Å². The first kappa shape index (κ1) is 31.5. The van der Waals surface area contributed by atoms with Crippen LogP contribution in [0.25, 0.3) is 0 Å². The summed E-state index contributed by atoms with van der Waals surface area (Å²) in [5.74, 6) is -0.797. The summed E-state index contributed by atoms with van der Waals surface area (Å²) < 4.78 is 109. The molecular formula is C19H31F6NO6S. The van der Waals surface area contributed by atoms with Crippen molar-refractivity contribution in [1.29, 1.82) is 0 Å². The standard InChI is InChI=1S/C19H31F6NO6S/c1-12(10-17(7,28)18(20,21)22)32-14(27)16(5,6)11-15(3,4)13(2)31-9-8-26-33(29,30)19(23,24)25/h12,26,28H,2,8-11H2,1,3-7H3. The van der Waals surface area contributed by atoms with Crippen LogP contribution in [-0.4, -0.2) is 56.0 Å². The lowest BCUT2D eigenvalue weighted by Gasteiger charge is -2.35. The Morgan fingerprint density at radius 3 is 1.94 bits per heavy atom. The topological polar surface area (TPSA) is 102 Å². The normalized spacial score (nSPS) is 16.6. The van der Waals surface area contributed by atoms with Gasteiger partial charge in [0.1, 0.15) is 12.7 Å². The zero-order valence-electron chi connectivity index (χ0n) is 19.3. The number of rotatable bonds is 12. The van der Waals surface area contributed by atoms with Crippen LogP contribution in [0.3, 0.4) is 0 Å². The van der Waals surface area contributed by atoms with Gasteiger partial charge in [-0.3, -0.25) is 4.79 Å². The molecule has 0 amide bonds. The molecule has 0 radical (unpaired) electrons. The summed E-state index contributed by atoms with van der Waals surface area (Å²) in [6, 6.07) is 0. The summed E-state index contributed by atoms with van der Waals surface area (Å²) in [6.07, 6.45) is -7.01. The zero-order chi connectivity index (χ0) is 26.7. The molecule has 0 spiro atoms. The molecule has 33 heavy (non-hydrogen) atoms. The fraction of sp³-hybridized carbons (Fsp3) is 0.842. The highest BCUT2D eigenvalue weighted by Crippen LogP contribution is 2.40. The first-order valence-electron chi connectivity index (χ1n) is 9.74. The number of aliphatic hydroxyl groups is 1. The van der Waals surface area contributed by atoms with Crippen LogP contribution in [0.1, 0.15) is 54.4 Å². The first-order chi connectivity index (χ1) is 14.4. The number of nitrogens with one attached hydrogen (secondary N) is 1. The maximum absolute atomic E-state index is 12.8. The lowest BCUT2D eigenvalue weighted by Crippen LogP contribution is -2.45. The van der Waals surface area contributed by atoms with Crippen molar-refractivity contribution >= 4 is 16.0 Å². The molecule has 0 aliphatic carbocycles. The molecule has 0 saturated heterocycles. The monoisotopic (exact) mass is 515 g/mol. The minimum atomic E-state index is -5.51. The Morgan fingerprint density at radius 2 is 1.52 bits per heavy atom. The Morgan fingerprint density at radius 1 is 1.03 bits per heavy atom. The number of alkyl halides is 6. The van der Waals surface area contributed by atoms with Crippen LogP contribution in [0.15, 0.2) is 12.3 Å². The van der Waals surface area contributed by atoms with E-state index in [2.05, 4.69) is 6.58 Å². The number of carbonyl (C=O) groups is 1. The number of ether oxygens (including phenoxy) is 2. The number of allylic oxidation sites excluding steroid dienone is 1. The predicted molar refractivity (Wildman–Crippen MR) is 107 cm³/mol. The third kappa shape index (κ3) is 9.32. The van der Waals surface area contributed by atoms with E-state index in [0.717, 1.165) is 0 Å². The van der Waals surface area contributed by atoms with Gasteiger partial charge in [-0.25, -0.2) is 13.1 Å². The van der Waals surface area contributed by atoms with E-state index < -0.39 is 69.8 Å². The summed E-state index contributed by atoms with van der Waals surface area (Å²) >= 11 is 0. The van der Waals surface area contributed by atoms with Crippen molar-refractivity contribution in [3.8, 4) is 0 Å². The molecule has 0 aliphatic heterocycles. The van der Waals surface area contributed by atoms with Gasteiger partial charge in [-0.15, -0.1) is 0 Å². The fourth-order valence-corrected chi connectivity index (χ4v) is 3.48. The first-order valence-corrected chi connectivity index (χ1v) is 11.2. The molecule has 14 heteroatoms. The van der Waals surface area contributed by atoms with E-state index in [1.54, 1.807) is 13.8 Å². The molecule has 0 aromatic carbocycles. The van der Waals surface area contributed by atoms with Gasteiger partial charge in [0.25, 0.3) is 0 Å². The van der Waals surface area contributed by atoms with Gasteiger partial charge in [0.05, 0.1) is 11.2 Å². The summed E-state index contributed by atoms with van der Waals surface area (Å²) in [4.78, 5) is 12.5. The summed E-state index contributed by atoms with van der Waals surface area (Å²) in [5, 5.41) is 9.54. The fourth-order valence-electron chi connectivity index (χ4n) is 2.96. The molecule has 0 aromatic heterocycles. The number of carbonyl (C=O) groups excluding carboxylic acids is 1. The van der Waals surface area contributed by atoms with E-state index >= 15 is 0 Å². The Hall–Kier alpha value is -1.54. The van der Waals surface area contributed by atoms with Crippen molar-refractivity contribution in [2.75, 3.05) is 13.2 Å². The largest absolute Gasteiger partial charge is 0.511 e. The lowest BCUT2D eigenvalue weighted by atomic mass is 9.74. The summed E-state index contributed by atoms with van der Waals surface area (Å²) in [7, 11) is -5.51. The maximum Gasteiger partial charge on any atom is 0.511 e. The quantitative estimate of drug-likeness (QED) is 0.176. The van der Waals surface area contributed by atoms with Crippen molar-refractivity contribution in [2.24, 2.45) is 10.8 Å². The molecule has 0 fully saturated rings. The number of esters is 1. The molecular weight excluding hydrogens is 484 g/mol. The Balaban J connectivity index is 4.93. The highest BCUT2D eigenvalue weighted by Gasteiger charge is 2.51. The SMILES string of the molecule is C=C(OCCNS(=O)(=O)C(F)(F)F)C(C)(C)CC(C)(C)C(=O)OC(C)CC(C)(O)C(F)(F)F. The molecule has 2 atom stereocenters. The molecule has 2 N–H and O–H groups in total. The third-order valence-corrected chi connectivity index (χ3v) is 5.96. The summed E-state index contributed by atoms with van der Waals surface area (Å²) in [6.45, 7) is 10.4. The van der Waals surface area contributed by atoms with Gasteiger partial charge in [0.15, 0.2) is 5.60 Å². The zero-order valence-corrected chi connectivity index (χ0v) is 20.1. The molecule has 2 unspecified atom stereocenters. The smallest absolute Gasteiger partial charge is 0.497 e. The molecule has 0 heterocycles. The van der Waals surface area contributed by atoms with Gasteiger partial charge in [0.2, 0.25) is 0 Å². The Labute approximate surface area is 189 Å². The molecule has 7 nitrogen and oxygen atoms in total. The van der Waals surface area contributed by atoms with Crippen LogP contribution in [0.4, 0.5) is 26.3 Å². The number of hydrogen-bond donors (Lipinski definition) is 2. The van der Waals surface area contributed by atoms with E-state index in [1.165, 1.54) is 25.5 Å². The minimum absolute atomic E-state index is 0.0222. The predicted octanol–water partition coefficient (Wildman–Crippen LogP) is 4.03. The second-order valence-electron chi connectivity index (χ2n) is 9.25. The average Bonchev–Trinajstić information content (AvgIpc) is 2.54. The molecule has 0 rings (SSSR count). The lowest BCUT2D eigenvalue weighted by molar-refractivity contribution is -0.261. The van der Waals surface area contributed by atoms with Crippen LogP contribution < -0.4 is 4.72 Å². The van der Waals surface area contributed by atoms with Crippen LogP contribution in [0.5, 0.6) is 0 Å². The van der Waals surface area contributed by atoms with Crippen molar-refractivity contribution in [3.63, 3.8) is 0 Å². The van der Waals surface area contributed by atoms with Gasteiger partial charge in [0, 0.05) is 18.4 Å². The van der Waals surface area contributed by atoms with Crippen molar-refractivity contribution < 1.29 is 54.1 Å². The number of sulfonamides is 1. The second-order valence-corrected chi connectivity index (χ2v) is 11.0. The average molecular weight is 516 g/mol. The third-order valence-electron chi connectivity index (χ3n) is 4.77. The van der Waals surface area contributed by atoms with E-state index in [4.69, 9.17) is 9.47 Å². The highest BCUT2D eigenvalue weighted by atomic mass is 32.2. The molecule has 196 valence electrons. The second kappa shape index (κ2) is 10.4. The van der Waals surface area contributed by atoms with E-state index in [0.29, 0.717) is 6.92 Å². The van der Waals surface area contributed by atoms with E-state index in [9.17, 15) is 44.7 Å². The maximum atomic E-state index is 12.8. The molecule has 0 aliphatic rings. The summed E-state index contributed by atoms with van der Waals surface area (Å²) in [5.41, 5.74) is -10.7. The Kier molecular flexibility index (Phi) is 9.90. The van der Waals surface area contributed by atoms with Crippen LogP contribution in [0.2, 0.25) is 0 Å². The molecule has 0 bridgehead atoms. The van der Waals surface area contributed by atoms with Crippen molar-refractivity contribution in [2.45, 2.75) is 77.8 Å². The van der Waals surface area contributed by atoms with E-state index in [1.807, 2.05) is 0 Å². The van der Waals surface area contributed by atoms with Crippen LogP contribution in [0, 0.1) is 10.8 Å². The Bertz CT molecular complexity index is 803. The molecule has 0 aromatic rings. The van der Waals surface area contributed by atoms with Crippen LogP contribution >= 0.6 is 0 Å². The van der Waals surface area contributed by atoms with Crippen LogP contribution in [-0.2, 0) is 24.3 Å². The number of halogens is 6. The van der Waals surface area contributed by atoms with Gasteiger partial charge in [-0.05, 0) is 34.1 Å². The number of hydrogen-bond acceptors (Lipinski definition) is 6. The van der Waals surface area contributed by atoms with E-state index in [-0.39, 0.29) is 12.2 Å². The highest BCUT2D eigenvalue weighted by molar-refractivity contribution is 7.90. The van der Waals surface area contributed by atoms with Gasteiger partial charge in [-0.1, -0.05) is 20.4 Å². The van der Waals surface area contributed by atoms with Gasteiger partial charge >= 0.3 is 27.7 Å².